The van der Waals surface area contributed by atoms with E-state index in [1.54, 1.807) is 0 Å². The van der Waals surface area contributed by atoms with Crippen LogP contribution in [0.25, 0.3) is 0 Å². The second-order valence-corrected chi connectivity index (χ2v) is 4.76. The van der Waals surface area contributed by atoms with Crippen molar-refractivity contribution < 1.29 is 9.90 Å². The van der Waals surface area contributed by atoms with Crippen molar-refractivity contribution in [1.82, 2.24) is 5.32 Å². The molecule has 2 rings (SSSR count). The van der Waals surface area contributed by atoms with E-state index in [-0.39, 0.29) is 5.54 Å². The lowest BCUT2D eigenvalue weighted by Crippen LogP contribution is -2.33. The Morgan fingerprint density at radius 2 is 1.93 bits per heavy atom. The standard InChI is InChI=1S/C10H10INO2/c11-8-3-1-7(2-4-8)10(5-6-10)12-9(13)14/h1-4,12H,5-6H2,(H,13,14). The third-order valence-electron chi connectivity index (χ3n) is 2.49. The number of nitrogens with one attached hydrogen (secondary N) is 1. The summed E-state index contributed by atoms with van der Waals surface area (Å²) in [5.41, 5.74) is 0.774. The van der Waals surface area contributed by atoms with Crippen LogP contribution in [0.4, 0.5) is 4.79 Å². The van der Waals surface area contributed by atoms with Crippen LogP contribution in [0.3, 0.4) is 0 Å². The van der Waals surface area contributed by atoms with Gasteiger partial charge in [-0.15, -0.1) is 0 Å². The summed E-state index contributed by atoms with van der Waals surface area (Å²) in [6.07, 6.45) is 0.862. The third kappa shape index (κ3) is 1.84. The van der Waals surface area contributed by atoms with Crippen LogP contribution in [0.1, 0.15) is 18.4 Å². The zero-order valence-corrected chi connectivity index (χ0v) is 9.61. The van der Waals surface area contributed by atoms with Gasteiger partial charge >= 0.3 is 6.09 Å². The molecule has 14 heavy (non-hydrogen) atoms. The topological polar surface area (TPSA) is 49.3 Å². The van der Waals surface area contributed by atoms with Crippen molar-refractivity contribution in [3.05, 3.63) is 33.4 Å². The van der Waals surface area contributed by atoms with Gasteiger partial charge in [-0.05, 0) is 53.1 Å². The maximum atomic E-state index is 10.6. The molecule has 0 atom stereocenters. The average molecular weight is 303 g/mol. The Morgan fingerprint density at radius 3 is 2.36 bits per heavy atom. The van der Waals surface area contributed by atoms with Gasteiger partial charge in [-0.25, -0.2) is 4.79 Å². The maximum Gasteiger partial charge on any atom is 0.405 e. The highest BCUT2D eigenvalue weighted by molar-refractivity contribution is 14.1. The minimum Gasteiger partial charge on any atom is -0.465 e. The summed E-state index contributed by atoms with van der Waals surface area (Å²) in [6, 6.07) is 7.98. The van der Waals surface area contributed by atoms with E-state index in [1.165, 1.54) is 0 Å². The zero-order chi connectivity index (χ0) is 10.2. The molecule has 0 radical (unpaired) electrons. The lowest BCUT2D eigenvalue weighted by atomic mass is 10.1. The molecule has 0 saturated heterocycles. The van der Waals surface area contributed by atoms with Gasteiger partial charge in [0, 0.05) is 3.57 Å². The summed E-state index contributed by atoms with van der Waals surface area (Å²) < 4.78 is 1.16. The Kier molecular flexibility index (Phi) is 2.38. The van der Waals surface area contributed by atoms with Crippen LogP contribution in [-0.4, -0.2) is 11.2 Å². The number of carbonyl (C=O) groups is 1. The van der Waals surface area contributed by atoms with Crippen molar-refractivity contribution >= 4 is 28.7 Å². The molecule has 0 bridgehead atoms. The molecule has 1 fully saturated rings. The van der Waals surface area contributed by atoms with Crippen LogP contribution >= 0.6 is 22.6 Å². The summed E-state index contributed by atoms with van der Waals surface area (Å²) in [7, 11) is 0. The van der Waals surface area contributed by atoms with E-state index < -0.39 is 6.09 Å². The Balaban J connectivity index is 2.22. The molecule has 3 nitrogen and oxygen atoms in total. The Labute approximate surface area is 95.7 Å². The molecule has 1 aliphatic rings. The highest BCUT2D eigenvalue weighted by Crippen LogP contribution is 2.45. The van der Waals surface area contributed by atoms with E-state index in [0.717, 1.165) is 22.0 Å². The number of amides is 1. The molecular formula is C10H10INO2. The van der Waals surface area contributed by atoms with Crippen LogP contribution in [0.2, 0.25) is 0 Å². The number of carboxylic acid groups (broad SMARTS) is 1. The summed E-state index contributed by atoms with van der Waals surface area (Å²) in [4.78, 5) is 10.6. The van der Waals surface area contributed by atoms with Gasteiger partial charge in [-0.2, -0.15) is 0 Å². The van der Waals surface area contributed by atoms with Crippen LogP contribution in [0.15, 0.2) is 24.3 Å². The molecule has 0 heterocycles. The molecular weight excluding hydrogens is 293 g/mol. The molecule has 0 aliphatic heterocycles. The first kappa shape index (κ1) is 9.76. The van der Waals surface area contributed by atoms with Crippen molar-refractivity contribution in [3.63, 3.8) is 0 Å². The monoisotopic (exact) mass is 303 g/mol. The number of halogens is 1. The van der Waals surface area contributed by atoms with Gasteiger partial charge in [0.25, 0.3) is 0 Å². The van der Waals surface area contributed by atoms with E-state index in [1.807, 2.05) is 24.3 Å². The van der Waals surface area contributed by atoms with E-state index in [4.69, 9.17) is 5.11 Å². The highest BCUT2D eigenvalue weighted by Gasteiger charge is 2.45. The zero-order valence-electron chi connectivity index (χ0n) is 7.46. The maximum absolute atomic E-state index is 10.6. The van der Waals surface area contributed by atoms with Crippen molar-refractivity contribution in [2.45, 2.75) is 18.4 Å². The van der Waals surface area contributed by atoms with Crippen molar-refractivity contribution in [1.29, 1.82) is 0 Å². The van der Waals surface area contributed by atoms with Crippen molar-refractivity contribution in [2.24, 2.45) is 0 Å². The molecule has 1 aliphatic carbocycles. The van der Waals surface area contributed by atoms with Gasteiger partial charge in [0.1, 0.15) is 0 Å². The molecule has 0 unspecified atom stereocenters. The lowest BCUT2D eigenvalue weighted by Gasteiger charge is -2.15. The Bertz CT molecular complexity index is 357. The average Bonchev–Trinajstić information content (AvgIpc) is 2.85. The lowest BCUT2D eigenvalue weighted by molar-refractivity contribution is 0.188. The summed E-state index contributed by atoms with van der Waals surface area (Å²) in [5, 5.41) is 11.3. The van der Waals surface area contributed by atoms with Crippen molar-refractivity contribution in [3.8, 4) is 0 Å². The molecule has 4 heteroatoms. The summed E-state index contributed by atoms with van der Waals surface area (Å²) >= 11 is 2.23. The number of hydrogen-bond donors (Lipinski definition) is 2. The molecule has 74 valence electrons. The largest absolute Gasteiger partial charge is 0.465 e. The van der Waals surface area contributed by atoms with E-state index >= 15 is 0 Å². The van der Waals surface area contributed by atoms with Crippen molar-refractivity contribution in [2.75, 3.05) is 0 Å². The first-order valence-corrected chi connectivity index (χ1v) is 5.47. The summed E-state index contributed by atoms with van der Waals surface area (Å²) in [5.74, 6) is 0. The van der Waals surface area contributed by atoms with Crippen LogP contribution in [0, 0.1) is 3.57 Å². The minimum absolute atomic E-state index is 0.295. The summed E-state index contributed by atoms with van der Waals surface area (Å²) in [6.45, 7) is 0. The van der Waals surface area contributed by atoms with Gasteiger partial charge in [-0.3, -0.25) is 0 Å². The molecule has 1 saturated carbocycles. The second-order valence-electron chi connectivity index (χ2n) is 3.52. The number of hydrogen-bond acceptors (Lipinski definition) is 1. The van der Waals surface area contributed by atoms with E-state index in [9.17, 15) is 4.79 Å². The van der Waals surface area contributed by atoms with Gasteiger partial charge in [0.05, 0.1) is 5.54 Å². The molecule has 2 N–H and O–H groups in total. The Morgan fingerprint density at radius 1 is 1.36 bits per heavy atom. The Hall–Kier alpha value is -0.780. The number of benzene rings is 1. The van der Waals surface area contributed by atoms with Crippen LogP contribution in [-0.2, 0) is 5.54 Å². The quantitative estimate of drug-likeness (QED) is 0.825. The predicted molar refractivity (Wildman–Crippen MR) is 61.2 cm³/mol. The second kappa shape index (κ2) is 3.42. The van der Waals surface area contributed by atoms with Crippen LogP contribution in [0.5, 0.6) is 0 Å². The minimum atomic E-state index is -0.943. The first-order valence-electron chi connectivity index (χ1n) is 4.40. The molecule has 1 amide bonds. The number of rotatable bonds is 2. The van der Waals surface area contributed by atoms with Gasteiger partial charge in [0.2, 0.25) is 0 Å². The third-order valence-corrected chi connectivity index (χ3v) is 3.21. The molecule has 1 aromatic rings. The van der Waals surface area contributed by atoms with Crippen LogP contribution < -0.4 is 5.32 Å². The SMILES string of the molecule is O=C(O)NC1(c2ccc(I)cc2)CC1. The normalized spacial score (nSPS) is 17.5. The highest BCUT2D eigenvalue weighted by atomic mass is 127. The smallest absolute Gasteiger partial charge is 0.405 e. The molecule has 0 aromatic heterocycles. The fourth-order valence-corrected chi connectivity index (χ4v) is 1.94. The molecule has 0 spiro atoms. The van der Waals surface area contributed by atoms with Gasteiger partial charge < -0.3 is 10.4 Å². The predicted octanol–water partition coefficient (Wildman–Crippen LogP) is 2.55. The fraction of sp³-hybridized carbons (Fsp3) is 0.300. The molecule has 1 aromatic carbocycles. The first-order chi connectivity index (χ1) is 6.62. The van der Waals surface area contributed by atoms with Gasteiger partial charge in [-0.1, -0.05) is 12.1 Å². The van der Waals surface area contributed by atoms with E-state index in [0.29, 0.717) is 0 Å². The van der Waals surface area contributed by atoms with E-state index in [2.05, 4.69) is 27.9 Å². The fourth-order valence-electron chi connectivity index (χ4n) is 1.58. The van der Waals surface area contributed by atoms with Gasteiger partial charge in [0.15, 0.2) is 0 Å².